The Balaban J connectivity index is -0.0000000457. The first-order chi connectivity index (χ1) is 4.83. The van der Waals surface area contributed by atoms with E-state index in [1.807, 2.05) is 0 Å². The van der Waals surface area contributed by atoms with Crippen molar-refractivity contribution in [3.8, 4) is 0 Å². The van der Waals surface area contributed by atoms with Gasteiger partial charge in [-0.2, -0.15) is 0 Å². The molecule has 0 rings (SSSR count). The van der Waals surface area contributed by atoms with Crippen LogP contribution in [-0.4, -0.2) is 13.1 Å². The van der Waals surface area contributed by atoms with Crippen LogP contribution in [0.15, 0.2) is 0 Å². The molecule has 0 heterocycles. The molecule has 0 saturated carbocycles. The van der Waals surface area contributed by atoms with Gasteiger partial charge in [-0.1, -0.05) is 26.7 Å². The number of hydrogen-bond donors (Lipinski definition) is 2. The van der Waals surface area contributed by atoms with Gasteiger partial charge < -0.3 is 28.6 Å². The first kappa shape index (κ1) is 22.7. The molecule has 0 aromatic heterocycles. The van der Waals surface area contributed by atoms with Crippen LogP contribution in [0.25, 0.3) is 0 Å². The third kappa shape index (κ3) is 49.4. The summed E-state index contributed by atoms with van der Waals surface area (Å²) in [4.78, 5) is 0. The van der Waals surface area contributed by atoms with E-state index in [1.54, 1.807) is 0 Å². The largest absolute Gasteiger partial charge is 1.00 e. The van der Waals surface area contributed by atoms with Gasteiger partial charge in [-0.3, -0.25) is 0 Å². The fraction of sp³-hybridized carbons (Fsp3) is 1.00. The molecule has 0 fully saturated rings. The molecule has 0 atom stereocenters. The molecule has 6 N–H and O–H groups in total. The van der Waals surface area contributed by atoms with Gasteiger partial charge in [0, 0.05) is 0 Å². The Labute approximate surface area is 81.9 Å². The summed E-state index contributed by atoms with van der Waals surface area (Å²) in [6.07, 6.45) is 5.12. The highest BCUT2D eigenvalue weighted by Crippen LogP contribution is 1.76. The zero-order valence-electron chi connectivity index (χ0n) is 8.41. The van der Waals surface area contributed by atoms with Crippen molar-refractivity contribution in [2.75, 3.05) is 13.1 Å². The van der Waals surface area contributed by atoms with Gasteiger partial charge in [0.1, 0.15) is 0 Å². The van der Waals surface area contributed by atoms with E-state index in [2.05, 4.69) is 25.3 Å². The van der Waals surface area contributed by atoms with Crippen LogP contribution in [-0.2, 0) is 0 Å². The van der Waals surface area contributed by atoms with Crippen LogP contribution in [0, 0.1) is 0 Å². The standard InChI is InChI=1S/2C4H11N.ClH.FH/c2*1-2-3-4-5;;/h2*2-5H2,1H3;2*1H. The molecule has 0 radical (unpaired) electrons. The second-order valence-electron chi connectivity index (χ2n) is 2.41. The number of halogens is 2. The molecule has 0 aliphatic carbocycles. The maximum atomic E-state index is 3.68. The van der Waals surface area contributed by atoms with Crippen LogP contribution in [0.4, 0.5) is 0 Å². The summed E-state index contributed by atoms with van der Waals surface area (Å²) in [5.74, 6) is 0. The molecule has 0 unspecified atom stereocenters. The third-order valence-corrected chi connectivity index (χ3v) is 1.21. The Morgan fingerprint density at radius 3 is 1.08 bits per heavy atom. The molecule has 0 aromatic rings. The van der Waals surface area contributed by atoms with E-state index in [0.717, 1.165) is 13.1 Å². The van der Waals surface area contributed by atoms with Gasteiger partial charge in [-0.05, 0) is 12.8 Å². The van der Waals surface area contributed by atoms with Crippen LogP contribution >= 0.6 is 0 Å². The minimum absolute atomic E-state index is 0. The molecule has 0 saturated heterocycles. The fourth-order valence-electron chi connectivity index (χ4n) is 0.500. The Morgan fingerprint density at radius 2 is 1.08 bits per heavy atom. The summed E-state index contributed by atoms with van der Waals surface area (Å²) in [5, 5.41) is 0. The molecular formula is C8H24ClFN2. The zero-order valence-corrected chi connectivity index (χ0v) is 9.17. The summed E-state index contributed by atoms with van der Waals surface area (Å²) >= 11 is 0. The van der Waals surface area contributed by atoms with Gasteiger partial charge >= 0.3 is 0 Å². The molecular weight excluding hydrogens is 179 g/mol. The Bertz CT molecular complexity index is 38.0. The fourth-order valence-corrected chi connectivity index (χ4v) is 0.500. The molecule has 12 heavy (non-hydrogen) atoms. The van der Waals surface area contributed by atoms with E-state index >= 15 is 0 Å². The molecule has 0 spiro atoms. The van der Waals surface area contributed by atoms with Crippen LogP contribution < -0.4 is 28.6 Å². The summed E-state index contributed by atoms with van der Waals surface area (Å²) < 4.78 is 0. The van der Waals surface area contributed by atoms with Gasteiger partial charge in [0.25, 0.3) is 0 Å². The molecule has 0 aliphatic rings. The Hall–Kier alpha value is 0.140. The first-order valence-electron chi connectivity index (χ1n) is 4.41. The Morgan fingerprint density at radius 1 is 0.833 bits per heavy atom. The topological polar surface area (TPSA) is 55.3 Å². The van der Waals surface area contributed by atoms with Crippen molar-refractivity contribution in [3.63, 3.8) is 0 Å². The number of unbranched alkanes of at least 4 members (excludes halogenated alkanes) is 2. The highest BCUT2D eigenvalue weighted by Gasteiger charge is 1.71. The van der Waals surface area contributed by atoms with Crippen molar-refractivity contribution in [2.24, 2.45) is 0 Å². The average molecular weight is 203 g/mol. The maximum Gasteiger partial charge on any atom is 0.0739 e. The SMILES string of the molecule is CCCC[NH3+].CCCC[NH3+].[Cl-].[F-]. The van der Waals surface area contributed by atoms with Crippen LogP contribution in [0.2, 0.25) is 0 Å². The second kappa shape index (κ2) is 30.4. The zero-order chi connectivity index (χ0) is 8.24. The minimum atomic E-state index is 0. The van der Waals surface area contributed by atoms with Crippen molar-refractivity contribution in [1.82, 2.24) is 0 Å². The molecule has 0 aliphatic heterocycles. The highest BCUT2D eigenvalue weighted by molar-refractivity contribution is 4.22. The molecule has 0 amide bonds. The predicted octanol–water partition coefficient (Wildman–Crippen LogP) is -5.94. The lowest BCUT2D eigenvalue weighted by atomic mass is 10.3. The van der Waals surface area contributed by atoms with Gasteiger partial charge in [-0.25, -0.2) is 0 Å². The van der Waals surface area contributed by atoms with Gasteiger partial charge in [0.15, 0.2) is 0 Å². The van der Waals surface area contributed by atoms with Crippen LogP contribution in [0.5, 0.6) is 0 Å². The molecule has 80 valence electrons. The summed E-state index contributed by atoms with van der Waals surface area (Å²) in [6, 6.07) is 0. The van der Waals surface area contributed by atoms with Gasteiger partial charge in [-0.15, -0.1) is 0 Å². The lowest BCUT2D eigenvalue weighted by Crippen LogP contribution is -3.00. The van der Waals surface area contributed by atoms with E-state index in [-0.39, 0.29) is 17.1 Å². The summed E-state index contributed by atoms with van der Waals surface area (Å²) in [5.41, 5.74) is 7.35. The molecule has 4 heteroatoms. The highest BCUT2D eigenvalue weighted by atomic mass is 35.5. The summed E-state index contributed by atoms with van der Waals surface area (Å²) in [7, 11) is 0. The lowest BCUT2D eigenvalue weighted by Gasteiger charge is -1.77. The van der Waals surface area contributed by atoms with Crippen LogP contribution in [0.3, 0.4) is 0 Å². The van der Waals surface area contributed by atoms with Crippen molar-refractivity contribution in [1.29, 1.82) is 0 Å². The first-order valence-corrected chi connectivity index (χ1v) is 4.41. The second-order valence-corrected chi connectivity index (χ2v) is 2.41. The lowest BCUT2D eigenvalue weighted by molar-refractivity contribution is -0.368. The average Bonchev–Trinajstić information content (AvgIpc) is 1.93. The normalized spacial score (nSPS) is 7.00. The maximum absolute atomic E-state index is 3.68. The summed E-state index contributed by atoms with van der Waals surface area (Å²) in [6.45, 7) is 6.53. The van der Waals surface area contributed by atoms with Gasteiger partial charge in [0.05, 0.1) is 13.1 Å². The van der Waals surface area contributed by atoms with E-state index in [9.17, 15) is 0 Å². The van der Waals surface area contributed by atoms with Crippen molar-refractivity contribution >= 4 is 0 Å². The van der Waals surface area contributed by atoms with Crippen molar-refractivity contribution < 1.29 is 28.6 Å². The van der Waals surface area contributed by atoms with E-state index in [1.165, 1.54) is 25.7 Å². The minimum Gasteiger partial charge on any atom is -1.00 e. The quantitative estimate of drug-likeness (QED) is 0.457. The third-order valence-electron chi connectivity index (χ3n) is 1.21. The number of rotatable bonds is 4. The van der Waals surface area contributed by atoms with E-state index < -0.39 is 0 Å². The van der Waals surface area contributed by atoms with E-state index in [4.69, 9.17) is 0 Å². The monoisotopic (exact) mass is 202 g/mol. The Kier molecular flexibility index (Phi) is 57.6. The molecule has 0 bridgehead atoms. The van der Waals surface area contributed by atoms with Crippen molar-refractivity contribution in [3.05, 3.63) is 0 Å². The number of quaternary nitrogens is 2. The smallest absolute Gasteiger partial charge is 0.0739 e. The van der Waals surface area contributed by atoms with Gasteiger partial charge in [0.2, 0.25) is 0 Å². The van der Waals surface area contributed by atoms with E-state index in [0.29, 0.717) is 0 Å². The number of hydrogen-bond acceptors (Lipinski definition) is 0. The molecule has 2 nitrogen and oxygen atoms in total. The van der Waals surface area contributed by atoms with Crippen LogP contribution in [0.1, 0.15) is 39.5 Å². The predicted molar refractivity (Wildman–Crippen MR) is 45.3 cm³/mol. The molecule has 0 aromatic carbocycles. The van der Waals surface area contributed by atoms with Crippen molar-refractivity contribution in [2.45, 2.75) is 39.5 Å².